The van der Waals surface area contributed by atoms with Gasteiger partial charge in [0, 0.05) is 10.6 Å². The minimum atomic E-state index is -2.79. The maximum absolute atomic E-state index is 11.1. The van der Waals surface area contributed by atoms with Crippen LogP contribution < -0.4 is 10.4 Å². The Morgan fingerprint density at radius 3 is 1.97 bits per heavy atom. The predicted molar refractivity (Wildman–Crippen MR) is 127 cm³/mol. The molecule has 0 saturated heterocycles. The molecule has 4 rings (SSSR count). The van der Waals surface area contributed by atoms with Crippen LogP contribution in [0.15, 0.2) is 78.9 Å². The van der Waals surface area contributed by atoms with Crippen LogP contribution in [0.25, 0.3) is 0 Å². The Labute approximate surface area is 185 Å². The van der Waals surface area contributed by atoms with Crippen LogP contribution in [0.1, 0.15) is 44.4 Å². The summed E-state index contributed by atoms with van der Waals surface area (Å²) in [6.07, 6.45) is 0.459. The fraction of sp³-hybridized carbons (Fsp3) is 0.308. The van der Waals surface area contributed by atoms with Gasteiger partial charge in [0.2, 0.25) is 0 Å². The normalized spacial score (nSPS) is 19.4. The Balaban J connectivity index is 1.95. The number of aliphatic hydroxyl groups is 1. The van der Waals surface area contributed by atoms with Crippen molar-refractivity contribution in [3.8, 4) is 0 Å². The monoisotopic (exact) mass is 436 g/mol. The zero-order valence-corrected chi connectivity index (χ0v) is 19.6. The first-order valence-corrected chi connectivity index (χ1v) is 12.9. The Hall–Kier alpha value is -1.91. The van der Waals surface area contributed by atoms with Gasteiger partial charge in [0.05, 0.1) is 12.2 Å². The molecule has 3 aromatic carbocycles. The number of fused-ring (bicyclic) bond motifs is 1. The number of hydrogen-bond acceptors (Lipinski definition) is 2. The van der Waals surface area contributed by atoms with Crippen molar-refractivity contribution in [2.24, 2.45) is 0 Å². The van der Waals surface area contributed by atoms with Gasteiger partial charge in [-0.1, -0.05) is 105 Å². The summed E-state index contributed by atoms with van der Waals surface area (Å²) in [4.78, 5) is 0. The molecule has 0 unspecified atom stereocenters. The minimum absolute atomic E-state index is 0.158. The third-order valence-corrected chi connectivity index (χ3v) is 11.5. The molecule has 0 spiro atoms. The van der Waals surface area contributed by atoms with Crippen molar-refractivity contribution in [1.82, 2.24) is 0 Å². The molecule has 1 aliphatic rings. The molecule has 0 amide bonds. The molecule has 0 radical (unpaired) electrons. The number of halogens is 1. The highest BCUT2D eigenvalue weighted by molar-refractivity contribution is 6.99. The van der Waals surface area contributed by atoms with E-state index in [9.17, 15) is 5.11 Å². The Bertz CT molecular complexity index is 959. The largest absolute Gasteiger partial charge is 0.398 e. The van der Waals surface area contributed by atoms with Crippen LogP contribution >= 0.6 is 11.6 Å². The summed E-state index contributed by atoms with van der Waals surface area (Å²) in [7, 11) is -2.79. The Morgan fingerprint density at radius 2 is 1.43 bits per heavy atom. The lowest BCUT2D eigenvalue weighted by molar-refractivity contribution is 0.0168. The van der Waals surface area contributed by atoms with E-state index in [1.165, 1.54) is 15.9 Å². The zero-order valence-electron chi connectivity index (χ0n) is 17.8. The molecule has 0 fully saturated rings. The third-order valence-electron chi connectivity index (χ3n) is 6.21. The fourth-order valence-electron chi connectivity index (χ4n) is 4.78. The van der Waals surface area contributed by atoms with Gasteiger partial charge in [0.25, 0.3) is 8.32 Å². The zero-order chi connectivity index (χ0) is 21.4. The van der Waals surface area contributed by atoms with E-state index < -0.39 is 20.5 Å². The standard InChI is InChI=1S/C26H29ClO2Si/c1-26(2,3)30(20-12-6-4-7-13-20,21-14-8-5-9-15-21)29-25-23(28)18-17-19-11-10-16-22(27)24(19)25/h4-16,23,25,28H,17-18H2,1-3H3/t23-,25+/m0/s1. The van der Waals surface area contributed by atoms with Crippen LogP contribution in [0.4, 0.5) is 0 Å². The molecule has 156 valence electrons. The van der Waals surface area contributed by atoms with Crippen LogP contribution in [0.5, 0.6) is 0 Å². The second-order valence-corrected chi connectivity index (χ2v) is 13.8. The summed E-state index contributed by atoms with van der Waals surface area (Å²) in [6, 6.07) is 27.1. The summed E-state index contributed by atoms with van der Waals surface area (Å²) in [5, 5.41) is 14.0. The van der Waals surface area contributed by atoms with Crippen LogP contribution in [-0.4, -0.2) is 19.5 Å². The molecule has 30 heavy (non-hydrogen) atoms. The van der Waals surface area contributed by atoms with Gasteiger partial charge < -0.3 is 9.53 Å². The first-order valence-electron chi connectivity index (χ1n) is 10.6. The molecule has 0 heterocycles. The molecule has 1 N–H and O–H groups in total. The van der Waals surface area contributed by atoms with E-state index in [-0.39, 0.29) is 5.04 Å². The second kappa shape index (κ2) is 8.31. The fourth-order valence-corrected chi connectivity index (χ4v) is 9.76. The van der Waals surface area contributed by atoms with Gasteiger partial charge in [-0.3, -0.25) is 0 Å². The van der Waals surface area contributed by atoms with E-state index in [0.717, 1.165) is 12.0 Å². The van der Waals surface area contributed by atoms with E-state index in [2.05, 4.69) is 75.4 Å². The van der Waals surface area contributed by atoms with Crippen molar-refractivity contribution in [3.63, 3.8) is 0 Å². The maximum atomic E-state index is 11.1. The van der Waals surface area contributed by atoms with Crippen molar-refractivity contribution < 1.29 is 9.53 Å². The van der Waals surface area contributed by atoms with Gasteiger partial charge in [0.1, 0.15) is 0 Å². The molecule has 0 bridgehead atoms. The summed E-state index contributed by atoms with van der Waals surface area (Å²) >= 11 is 6.66. The van der Waals surface area contributed by atoms with Crippen LogP contribution in [-0.2, 0) is 10.8 Å². The predicted octanol–water partition coefficient (Wildman–Crippen LogP) is 5.26. The molecular weight excluding hydrogens is 408 g/mol. The van der Waals surface area contributed by atoms with E-state index in [0.29, 0.717) is 11.4 Å². The van der Waals surface area contributed by atoms with Gasteiger partial charge in [-0.2, -0.15) is 0 Å². The SMILES string of the molecule is CC(C)(C)[Si](O[C@H]1c2c(Cl)cccc2CC[C@@H]1O)(c1ccccc1)c1ccccc1. The summed E-state index contributed by atoms with van der Waals surface area (Å²) in [5.41, 5.74) is 2.13. The van der Waals surface area contributed by atoms with Crippen molar-refractivity contribution in [1.29, 1.82) is 0 Å². The van der Waals surface area contributed by atoms with Gasteiger partial charge in [0.15, 0.2) is 0 Å². The van der Waals surface area contributed by atoms with E-state index >= 15 is 0 Å². The quantitative estimate of drug-likeness (QED) is 0.565. The number of aryl methyl sites for hydroxylation is 1. The van der Waals surface area contributed by atoms with Gasteiger partial charge in [-0.25, -0.2) is 0 Å². The molecule has 4 heteroatoms. The topological polar surface area (TPSA) is 29.5 Å². The van der Waals surface area contributed by atoms with Crippen LogP contribution in [0, 0.1) is 0 Å². The first-order chi connectivity index (χ1) is 14.3. The summed E-state index contributed by atoms with van der Waals surface area (Å²) in [5.74, 6) is 0. The average molecular weight is 437 g/mol. The summed E-state index contributed by atoms with van der Waals surface area (Å²) < 4.78 is 7.24. The third kappa shape index (κ3) is 3.65. The highest BCUT2D eigenvalue weighted by Gasteiger charge is 2.53. The number of hydrogen-bond donors (Lipinski definition) is 1. The second-order valence-electron chi connectivity index (χ2n) is 9.12. The first kappa shape index (κ1) is 21.3. The van der Waals surface area contributed by atoms with E-state index in [1.54, 1.807) is 0 Å². The lowest BCUT2D eigenvalue weighted by Gasteiger charge is -2.47. The highest BCUT2D eigenvalue weighted by atomic mass is 35.5. The molecule has 2 atom stereocenters. The number of aliphatic hydroxyl groups excluding tert-OH is 1. The number of rotatable bonds is 4. The maximum Gasteiger partial charge on any atom is 0.262 e. The molecule has 0 aromatic heterocycles. The molecule has 2 nitrogen and oxygen atoms in total. The minimum Gasteiger partial charge on any atom is -0.398 e. The van der Waals surface area contributed by atoms with Crippen molar-refractivity contribution >= 4 is 30.3 Å². The molecule has 3 aromatic rings. The molecule has 1 aliphatic carbocycles. The molecular formula is C26H29ClO2Si. The Morgan fingerprint density at radius 1 is 0.867 bits per heavy atom. The lowest BCUT2D eigenvalue weighted by atomic mass is 9.87. The van der Waals surface area contributed by atoms with Gasteiger partial charge >= 0.3 is 0 Å². The van der Waals surface area contributed by atoms with Crippen molar-refractivity contribution in [2.45, 2.75) is 50.9 Å². The molecule has 0 saturated carbocycles. The smallest absolute Gasteiger partial charge is 0.262 e. The average Bonchev–Trinajstić information content (AvgIpc) is 2.74. The molecule has 0 aliphatic heterocycles. The highest BCUT2D eigenvalue weighted by Crippen LogP contribution is 2.44. The van der Waals surface area contributed by atoms with Crippen LogP contribution in [0.2, 0.25) is 10.1 Å². The van der Waals surface area contributed by atoms with Crippen LogP contribution in [0.3, 0.4) is 0 Å². The van der Waals surface area contributed by atoms with Gasteiger partial charge in [-0.15, -0.1) is 0 Å². The summed E-state index contributed by atoms with van der Waals surface area (Å²) in [6.45, 7) is 6.76. The van der Waals surface area contributed by atoms with E-state index in [4.69, 9.17) is 16.0 Å². The van der Waals surface area contributed by atoms with Gasteiger partial charge in [-0.05, 0) is 39.9 Å². The van der Waals surface area contributed by atoms with E-state index in [1.807, 2.05) is 24.3 Å². The van der Waals surface area contributed by atoms with Crippen molar-refractivity contribution in [2.75, 3.05) is 0 Å². The lowest BCUT2D eigenvalue weighted by Crippen LogP contribution is -2.67. The van der Waals surface area contributed by atoms with Crippen molar-refractivity contribution in [3.05, 3.63) is 95.0 Å². The Kier molecular flexibility index (Phi) is 5.91. The number of benzene rings is 3.